The van der Waals surface area contributed by atoms with E-state index in [9.17, 15) is 4.79 Å². The van der Waals surface area contributed by atoms with Gasteiger partial charge in [-0.2, -0.15) is 0 Å². The Bertz CT molecular complexity index is 159. The standard InChI is InChI=1S/C10H18O2/c1-7(8(2)10(11)12)9-5-3-4-6-9/h7-9H,3-6H2,1-2H3,(H,11,12)/t7?,8-/m0/s1. The molecular weight excluding hydrogens is 152 g/mol. The monoisotopic (exact) mass is 170 g/mol. The average molecular weight is 170 g/mol. The molecule has 2 atom stereocenters. The number of hydrogen-bond acceptors (Lipinski definition) is 1. The summed E-state index contributed by atoms with van der Waals surface area (Å²) >= 11 is 0. The maximum Gasteiger partial charge on any atom is 0.306 e. The normalized spacial score (nSPS) is 23.8. The Morgan fingerprint density at radius 1 is 1.33 bits per heavy atom. The van der Waals surface area contributed by atoms with Crippen molar-refractivity contribution in [3.05, 3.63) is 0 Å². The van der Waals surface area contributed by atoms with Crippen LogP contribution in [0.2, 0.25) is 0 Å². The lowest BCUT2D eigenvalue weighted by Gasteiger charge is -2.22. The van der Waals surface area contributed by atoms with E-state index in [0.29, 0.717) is 11.8 Å². The summed E-state index contributed by atoms with van der Waals surface area (Å²) in [7, 11) is 0. The second-order valence-electron chi connectivity index (χ2n) is 4.03. The van der Waals surface area contributed by atoms with Crippen molar-refractivity contribution >= 4 is 5.97 Å². The van der Waals surface area contributed by atoms with Gasteiger partial charge in [-0.15, -0.1) is 0 Å². The van der Waals surface area contributed by atoms with Gasteiger partial charge in [-0.25, -0.2) is 0 Å². The molecule has 1 unspecified atom stereocenters. The summed E-state index contributed by atoms with van der Waals surface area (Å²) < 4.78 is 0. The predicted octanol–water partition coefficient (Wildman–Crippen LogP) is 2.53. The quantitative estimate of drug-likeness (QED) is 0.706. The lowest BCUT2D eigenvalue weighted by atomic mass is 9.83. The van der Waals surface area contributed by atoms with Crippen molar-refractivity contribution in [2.45, 2.75) is 39.5 Å². The molecule has 0 spiro atoms. The zero-order valence-electron chi connectivity index (χ0n) is 7.92. The molecule has 70 valence electrons. The first-order valence-corrected chi connectivity index (χ1v) is 4.85. The van der Waals surface area contributed by atoms with Crippen molar-refractivity contribution in [2.75, 3.05) is 0 Å². The van der Waals surface area contributed by atoms with Crippen molar-refractivity contribution < 1.29 is 9.90 Å². The molecule has 0 radical (unpaired) electrons. The van der Waals surface area contributed by atoms with Crippen LogP contribution in [0.5, 0.6) is 0 Å². The van der Waals surface area contributed by atoms with Gasteiger partial charge < -0.3 is 5.11 Å². The molecule has 1 aliphatic carbocycles. The van der Waals surface area contributed by atoms with E-state index in [4.69, 9.17) is 5.11 Å². The molecule has 0 bridgehead atoms. The molecule has 0 amide bonds. The van der Waals surface area contributed by atoms with E-state index in [1.165, 1.54) is 25.7 Å². The minimum atomic E-state index is -0.644. The van der Waals surface area contributed by atoms with E-state index < -0.39 is 5.97 Å². The number of carboxylic acids is 1. The van der Waals surface area contributed by atoms with Crippen molar-refractivity contribution in [3.63, 3.8) is 0 Å². The van der Waals surface area contributed by atoms with Crippen LogP contribution in [0.25, 0.3) is 0 Å². The maximum atomic E-state index is 10.7. The Kier molecular flexibility index (Phi) is 3.12. The molecule has 1 fully saturated rings. The molecule has 1 rings (SSSR count). The minimum absolute atomic E-state index is 0.173. The number of aliphatic carboxylic acids is 1. The first kappa shape index (κ1) is 9.56. The van der Waals surface area contributed by atoms with Gasteiger partial charge in [0.05, 0.1) is 5.92 Å². The second kappa shape index (κ2) is 3.92. The van der Waals surface area contributed by atoms with E-state index in [0.717, 1.165) is 0 Å². The van der Waals surface area contributed by atoms with E-state index in [1.807, 2.05) is 6.92 Å². The summed E-state index contributed by atoms with van der Waals surface area (Å²) in [6, 6.07) is 0. The molecule has 0 heterocycles. The summed E-state index contributed by atoms with van der Waals surface area (Å²) in [4.78, 5) is 10.7. The van der Waals surface area contributed by atoms with Crippen molar-refractivity contribution in [3.8, 4) is 0 Å². The van der Waals surface area contributed by atoms with E-state index in [1.54, 1.807) is 0 Å². The van der Waals surface area contributed by atoms with Gasteiger partial charge in [0, 0.05) is 0 Å². The first-order valence-electron chi connectivity index (χ1n) is 4.85. The third kappa shape index (κ3) is 1.99. The van der Waals surface area contributed by atoms with E-state index in [-0.39, 0.29) is 5.92 Å². The van der Waals surface area contributed by atoms with E-state index >= 15 is 0 Å². The molecule has 0 aromatic heterocycles. The van der Waals surface area contributed by atoms with Crippen LogP contribution in [0.1, 0.15) is 39.5 Å². The highest BCUT2D eigenvalue weighted by atomic mass is 16.4. The van der Waals surface area contributed by atoms with Gasteiger partial charge in [-0.05, 0) is 11.8 Å². The minimum Gasteiger partial charge on any atom is -0.481 e. The third-order valence-corrected chi connectivity index (χ3v) is 3.32. The lowest BCUT2D eigenvalue weighted by Crippen LogP contribution is -2.23. The summed E-state index contributed by atoms with van der Waals surface area (Å²) in [5, 5.41) is 8.81. The predicted molar refractivity (Wildman–Crippen MR) is 47.9 cm³/mol. The van der Waals surface area contributed by atoms with Crippen molar-refractivity contribution in [2.24, 2.45) is 17.8 Å². The van der Waals surface area contributed by atoms with Crippen molar-refractivity contribution in [1.29, 1.82) is 0 Å². The Morgan fingerprint density at radius 2 is 1.83 bits per heavy atom. The van der Waals surface area contributed by atoms with Gasteiger partial charge >= 0.3 is 5.97 Å². The number of rotatable bonds is 3. The van der Waals surface area contributed by atoms with Crippen molar-refractivity contribution in [1.82, 2.24) is 0 Å². The molecule has 1 saturated carbocycles. The van der Waals surface area contributed by atoms with Gasteiger partial charge in [0.25, 0.3) is 0 Å². The zero-order chi connectivity index (χ0) is 9.14. The summed E-state index contributed by atoms with van der Waals surface area (Å²) in [5.41, 5.74) is 0. The van der Waals surface area contributed by atoms with Crippen LogP contribution in [-0.4, -0.2) is 11.1 Å². The molecule has 12 heavy (non-hydrogen) atoms. The molecule has 0 saturated heterocycles. The molecule has 0 aliphatic heterocycles. The second-order valence-corrected chi connectivity index (χ2v) is 4.03. The highest BCUT2D eigenvalue weighted by molar-refractivity contribution is 5.69. The van der Waals surface area contributed by atoms with Crippen LogP contribution in [0.3, 0.4) is 0 Å². The fourth-order valence-electron chi connectivity index (χ4n) is 2.12. The van der Waals surface area contributed by atoms with Gasteiger partial charge in [0.2, 0.25) is 0 Å². The highest BCUT2D eigenvalue weighted by Gasteiger charge is 2.28. The Hall–Kier alpha value is -0.530. The van der Waals surface area contributed by atoms with Crippen LogP contribution < -0.4 is 0 Å². The molecule has 0 aromatic carbocycles. The zero-order valence-corrected chi connectivity index (χ0v) is 7.92. The van der Waals surface area contributed by atoms with Crippen LogP contribution in [0.15, 0.2) is 0 Å². The van der Waals surface area contributed by atoms with Gasteiger partial charge in [-0.3, -0.25) is 4.79 Å². The summed E-state index contributed by atoms with van der Waals surface area (Å²) in [6.07, 6.45) is 5.06. The molecule has 1 N–H and O–H groups in total. The molecule has 2 heteroatoms. The Morgan fingerprint density at radius 3 is 2.25 bits per heavy atom. The first-order chi connectivity index (χ1) is 5.63. The average Bonchev–Trinajstić information content (AvgIpc) is 2.53. The fraction of sp³-hybridized carbons (Fsp3) is 0.900. The maximum absolute atomic E-state index is 10.7. The molecular formula is C10H18O2. The molecule has 2 nitrogen and oxygen atoms in total. The van der Waals surface area contributed by atoms with E-state index in [2.05, 4.69) is 6.92 Å². The summed E-state index contributed by atoms with van der Waals surface area (Å²) in [6.45, 7) is 3.90. The van der Waals surface area contributed by atoms with Crippen LogP contribution in [0.4, 0.5) is 0 Å². The third-order valence-electron chi connectivity index (χ3n) is 3.32. The SMILES string of the molecule is CC(C1CCCC1)[C@H](C)C(=O)O. The highest BCUT2D eigenvalue weighted by Crippen LogP contribution is 2.34. The number of carbonyl (C=O) groups is 1. The number of carboxylic acid groups (broad SMARTS) is 1. The largest absolute Gasteiger partial charge is 0.481 e. The van der Waals surface area contributed by atoms with Crippen LogP contribution in [0, 0.1) is 17.8 Å². The van der Waals surface area contributed by atoms with Gasteiger partial charge in [0.1, 0.15) is 0 Å². The fourth-order valence-corrected chi connectivity index (χ4v) is 2.12. The molecule has 0 aromatic rings. The van der Waals surface area contributed by atoms with Crippen LogP contribution >= 0.6 is 0 Å². The summed E-state index contributed by atoms with van der Waals surface area (Å²) in [5.74, 6) is 0.198. The van der Waals surface area contributed by atoms with Gasteiger partial charge in [-0.1, -0.05) is 39.5 Å². The Balaban J connectivity index is 2.44. The lowest BCUT2D eigenvalue weighted by molar-refractivity contribution is -0.143. The smallest absolute Gasteiger partial charge is 0.306 e. The topological polar surface area (TPSA) is 37.3 Å². The van der Waals surface area contributed by atoms with Crippen LogP contribution in [-0.2, 0) is 4.79 Å². The number of hydrogen-bond donors (Lipinski definition) is 1. The molecule has 1 aliphatic rings. The Labute approximate surface area is 74.0 Å². The van der Waals surface area contributed by atoms with Gasteiger partial charge in [0.15, 0.2) is 0 Å².